The molecule has 2 nitrogen and oxygen atoms in total. The molecule has 1 aromatic rings. The maximum Gasteiger partial charge on any atom is 0.137 e. The van der Waals surface area contributed by atoms with Crippen LogP contribution in [0.5, 0.6) is 0 Å². The minimum Gasteiger partial charge on any atom is -0.383 e. The fraction of sp³-hybridized carbons (Fsp3) is 0.400. The molecule has 0 aliphatic carbocycles. The van der Waals surface area contributed by atoms with E-state index < -0.39 is 0 Å². The second-order valence-electron chi connectivity index (χ2n) is 1.67. The molecule has 0 atom stereocenters. The van der Waals surface area contributed by atoms with Crippen LogP contribution in [0.1, 0.15) is 9.88 Å². The van der Waals surface area contributed by atoms with Gasteiger partial charge < -0.3 is 5.73 Å². The number of nitrogens with zero attached hydrogens (tertiary/aromatic N) is 1. The number of thiazole rings is 1. The smallest absolute Gasteiger partial charge is 0.137 e. The summed E-state index contributed by atoms with van der Waals surface area (Å²) in [7, 11) is 0. The van der Waals surface area contributed by atoms with Gasteiger partial charge in [-0.2, -0.15) is 0 Å². The lowest BCUT2D eigenvalue weighted by atomic mass is 10.6. The molecule has 0 aromatic carbocycles. The second kappa shape index (κ2) is 3.03. The predicted molar refractivity (Wildman–Crippen MR) is 43.2 cm³/mol. The van der Waals surface area contributed by atoms with E-state index in [0.717, 1.165) is 9.88 Å². The molecule has 0 bridgehead atoms. The first-order chi connectivity index (χ1) is 3.70. The molecule has 0 unspecified atom stereocenters. The Morgan fingerprint density at radius 1 is 1.44 bits per heavy atom. The summed E-state index contributed by atoms with van der Waals surface area (Å²) in [6, 6.07) is 0. The average molecular weight is 165 g/mol. The SMILES string of the molecule is Cc1nc(N)c(C)s1.Cl. The van der Waals surface area contributed by atoms with E-state index in [2.05, 4.69) is 4.98 Å². The highest BCUT2D eigenvalue weighted by Crippen LogP contribution is 2.16. The predicted octanol–water partition coefficient (Wildman–Crippen LogP) is 1.76. The third-order valence-corrected chi connectivity index (χ3v) is 1.84. The summed E-state index contributed by atoms with van der Waals surface area (Å²) in [5.41, 5.74) is 5.44. The van der Waals surface area contributed by atoms with Crippen molar-refractivity contribution in [3.05, 3.63) is 9.88 Å². The van der Waals surface area contributed by atoms with Gasteiger partial charge in [0.15, 0.2) is 0 Å². The zero-order valence-corrected chi connectivity index (χ0v) is 6.97. The highest BCUT2D eigenvalue weighted by atomic mass is 35.5. The Bertz CT molecular complexity index is 177. The van der Waals surface area contributed by atoms with Crippen LogP contribution < -0.4 is 5.73 Å². The van der Waals surface area contributed by atoms with E-state index in [1.807, 2.05) is 13.8 Å². The summed E-state index contributed by atoms with van der Waals surface area (Å²) < 4.78 is 0. The number of hydrogen-bond donors (Lipinski definition) is 1. The van der Waals surface area contributed by atoms with Gasteiger partial charge in [-0.25, -0.2) is 4.98 Å². The van der Waals surface area contributed by atoms with Gasteiger partial charge in [0.2, 0.25) is 0 Å². The summed E-state index contributed by atoms with van der Waals surface area (Å²) in [6.07, 6.45) is 0. The van der Waals surface area contributed by atoms with E-state index in [0.29, 0.717) is 5.82 Å². The van der Waals surface area contributed by atoms with Gasteiger partial charge in [-0.15, -0.1) is 23.7 Å². The third kappa shape index (κ3) is 1.84. The van der Waals surface area contributed by atoms with Crippen LogP contribution in [-0.2, 0) is 0 Å². The van der Waals surface area contributed by atoms with Crippen LogP contribution in [0, 0.1) is 13.8 Å². The Balaban J connectivity index is 0.000000640. The third-order valence-electron chi connectivity index (χ3n) is 0.939. The molecule has 1 rings (SSSR count). The molecule has 52 valence electrons. The minimum absolute atomic E-state index is 0. The number of aryl methyl sites for hydroxylation is 2. The molecule has 0 aliphatic heterocycles. The normalized spacial score (nSPS) is 8.67. The number of hydrogen-bond acceptors (Lipinski definition) is 3. The fourth-order valence-electron chi connectivity index (χ4n) is 0.545. The molecule has 4 heteroatoms. The summed E-state index contributed by atoms with van der Waals surface area (Å²) in [4.78, 5) is 5.12. The highest BCUT2D eigenvalue weighted by Gasteiger charge is 1.96. The Morgan fingerprint density at radius 3 is 2.11 bits per heavy atom. The second-order valence-corrected chi connectivity index (χ2v) is 3.08. The molecule has 0 saturated heterocycles. The summed E-state index contributed by atoms with van der Waals surface area (Å²) in [5.74, 6) is 0.674. The summed E-state index contributed by atoms with van der Waals surface area (Å²) in [5, 5.41) is 1.04. The van der Waals surface area contributed by atoms with Crippen molar-refractivity contribution in [3.63, 3.8) is 0 Å². The van der Waals surface area contributed by atoms with Gasteiger partial charge in [0, 0.05) is 4.88 Å². The first kappa shape index (κ1) is 8.72. The van der Waals surface area contributed by atoms with Crippen molar-refractivity contribution in [1.29, 1.82) is 0 Å². The lowest BCUT2D eigenvalue weighted by Gasteiger charge is -1.78. The van der Waals surface area contributed by atoms with Crippen LogP contribution in [0.15, 0.2) is 0 Å². The molecule has 0 amide bonds. The molecule has 0 aliphatic rings. The molecular formula is C5H9ClN2S. The number of nitrogens with two attached hydrogens (primary N) is 1. The van der Waals surface area contributed by atoms with Crippen molar-refractivity contribution >= 4 is 29.6 Å². The number of anilines is 1. The van der Waals surface area contributed by atoms with Crippen LogP contribution in [0.3, 0.4) is 0 Å². The highest BCUT2D eigenvalue weighted by molar-refractivity contribution is 7.11. The van der Waals surface area contributed by atoms with Crippen LogP contribution >= 0.6 is 23.7 Å². The Morgan fingerprint density at radius 2 is 2.00 bits per heavy atom. The minimum atomic E-state index is 0. The van der Waals surface area contributed by atoms with Crippen LogP contribution in [0.2, 0.25) is 0 Å². The van der Waals surface area contributed by atoms with Crippen molar-refractivity contribution in [3.8, 4) is 0 Å². The molecule has 9 heavy (non-hydrogen) atoms. The van der Waals surface area contributed by atoms with Gasteiger partial charge >= 0.3 is 0 Å². The molecular weight excluding hydrogens is 156 g/mol. The molecule has 0 saturated carbocycles. The first-order valence-electron chi connectivity index (χ1n) is 2.39. The number of aromatic nitrogens is 1. The van der Waals surface area contributed by atoms with Gasteiger partial charge in [0.25, 0.3) is 0 Å². The van der Waals surface area contributed by atoms with E-state index in [-0.39, 0.29) is 12.4 Å². The Hall–Kier alpha value is -0.280. The summed E-state index contributed by atoms with van der Waals surface area (Å²) in [6.45, 7) is 3.92. The largest absolute Gasteiger partial charge is 0.383 e. The molecule has 0 radical (unpaired) electrons. The van der Waals surface area contributed by atoms with Gasteiger partial charge in [0.1, 0.15) is 5.82 Å². The maximum absolute atomic E-state index is 5.44. The molecule has 1 aromatic heterocycles. The number of rotatable bonds is 0. The molecule has 0 spiro atoms. The molecule has 1 heterocycles. The number of halogens is 1. The van der Waals surface area contributed by atoms with Gasteiger partial charge in [-0.1, -0.05) is 0 Å². The number of nitrogen functional groups attached to an aromatic ring is 1. The zero-order chi connectivity index (χ0) is 6.15. The quantitative estimate of drug-likeness (QED) is 0.635. The van der Waals surface area contributed by atoms with Crippen molar-refractivity contribution in [2.75, 3.05) is 5.73 Å². The monoisotopic (exact) mass is 164 g/mol. The van der Waals surface area contributed by atoms with E-state index in [1.54, 1.807) is 11.3 Å². The lowest BCUT2D eigenvalue weighted by molar-refractivity contribution is 1.29. The average Bonchev–Trinajstić information content (AvgIpc) is 1.85. The van der Waals surface area contributed by atoms with E-state index in [9.17, 15) is 0 Å². The maximum atomic E-state index is 5.44. The van der Waals surface area contributed by atoms with E-state index in [4.69, 9.17) is 5.73 Å². The Kier molecular flexibility index (Phi) is 2.94. The van der Waals surface area contributed by atoms with Gasteiger partial charge in [0.05, 0.1) is 5.01 Å². The molecule has 0 fully saturated rings. The van der Waals surface area contributed by atoms with Crippen LogP contribution in [-0.4, -0.2) is 4.98 Å². The lowest BCUT2D eigenvalue weighted by Crippen LogP contribution is -1.85. The van der Waals surface area contributed by atoms with E-state index >= 15 is 0 Å². The standard InChI is InChI=1S/C5H8N2S.ClH/c1-3-5(6)7-4(2)8-3;/h6H2,1-2H3;1H. The topological polar surface area (TPSA) is 38.9 Å². The van der Waals surface area contributed by atoms with Crippen molar-refractivity contribution in [2.45, 2.75) is 13.8 Å². The van der Waals surface area contributed by atoms with Crippen molar-refractivity contribution < 1.29 is 0 Å². The van der Waals surface area contributed by atoms with Gasteiger partial charge in [-0.05, 0) is 13.8 Å². The first-order valence-corrected chi connectivity index (χ1v) is 3.21. The van der Waals surface area contributed by atoms with Gasteiger partial charge in [-0.3, -0.25) is 0 Å². The zero-order valence-electron chi connectivity index (χ0n) is 5.34. The van der Waals surface area contributed by atoms with Crippen LogP contribution in [0.4, 0.5) is 5.82 Å². The summed E-state index contributed by atoms with van der Waals surface area (Å²) >= 11 is 1.63. The molecule has 2 N–H and O–H groups in total. The fourth-order valence-corrected chi connectivity index (χ4v) is 1.28. The van der Waals surface area contributed by atoms with Crippen LogP contribution in [0.25, 0.3) is 0 Å². The van der Waals surface area contributed by atoms with Crippen molar-refractivity contribution in [2.24, 2.45) is 0 Å². The van der Waals surface area contributed by atoms with E-state index in [1.165, 1.54) is 0 Å². The van der Waals surface area contributed by atoms with Crippen molar-refractivity contribution in [1.82, 2.24) is 4.98 Å². The Labute approximate surface area is 64.5 Å².